The van der Waals surface area contributed by atoms with Gasteiger partial charge in [0.05, 0.1) is 24.6 Å². The molecule has 3 saturated heterocycles. The minimum absolute atomic E-state index is 0.282. The molecule has 4 heterocycles. The fraction of sp³-hybridized carbons (Fsp3) is 0.375. The number of nitrogens with one attached hydrogen (secondary N) is 1. The molecular weight excluding hydrogens is 449 g/mol. The van der Waals surface area contributed by atoms with Crippen molar-refractivity contribution in [2.75, 3.05) is 23.9 Å². The maximum Gasteiger partial charge on any atom is 0.250 e. The predicted molar refractivity (Wildman–Crippen MR) is 119 cm³/mol. The number of methoxy groups -OCH3 is 1. The Morgan fingerprint density at radius 1 is 1.18 bits per heavy atom. The zero-order valence-corrected chi connectivity index (χ0v) is 18.8. The lowest BCUT2D eigenvalue weighted by Crippen LogP contribution is -2.54. The summed E-state index contributed by atoms with van der Waals surface area (Å²) in [4.78, 5) is 44.5. The van der Waals surface area contributed by atoms with Crippen molar-refractivity contribution in [3.8, 4) is 5.75 Å². The molecule has 0 radical (unpaired) electrons. The van der Waals surface area contributed by atoms with E-state index in [1.54, 1.807) is 19.1 Å². The number of rotatable bonds is 2. The van der Waals surface area contributed by atoms with Crippen LogP contribution >= 0.6 is 11.6 Å². The Morgan fingerprint density at radius 3 is 2.73 bits per heavy atom. The van der Waals surface area contributed by atoms with Gasteiger partial charge in [-0.3, -0.25) is 19.3 Å². The van der Waals surface area contributed by atoms with Crippen molar-refractivity contribution in [3.05, 3.63) is 52.3 Å². The monoisotopic (exact) mass is 469 g/mol. The topological polar surface area (TPSA) is 78.9 Å². The van der Waals surface area contributed by atoms with E-state index in [9.17, 15) is 18.8 Å². The molecule has 170 valence electrons. The molecule has 0 unspecified atom stereocenters. The molecule has 4 atom stereocenters. The average molecular weight is 470 g/mol. The Kier molecular flexibility index (Phi) is 4.23. The van der Waals surface area contributed by atoms with Crippen LogP contribution in [0.2, 0.25) is 5.02 Å². The molecule has 2 aromatic carbocycles. The normalized spacial score (nSPS) is 30.1. The third-order valence-corrected chi connectivity index (χ3v) is 8.06. The average Bonchev–Trinajstić information content (AvgIpc) is 3.48. The largest absolute Gasteiger partial charge is 0.495 e. The third kappa shape index (κ3) is 2.40. The summed E-state index contributed by atoms with van der Waals surface area (Å²) in [6, 6.07) is 7.06. The fourth-order valence-corrected chi connectivity index (χ4v) is 6.55. The molecule has 4 aliphatic rings. The van der Waals surface area contributed by atoms with E-state index in [1.165, 1.54) is 25.3 Å². The van der Waals surface area contributed by atoms with Gasteiger partial charge in [0.15, 0.2) is 0 Å². The molecule has 2 aromatic rings. The number of carbonyl (C=O) groups excluding carboxylic acids is 3. The quantitative estimate of drug-likeness (QED) is 0.683. The van der Waals surface area contributed by atoms with Gasteiger partial charge in [0.2, 0.25) is 17.7 Å². The van der Waals surface area contributed by atoms with Crippen LogP contribution in [0, 0.1) is 24.6 Å². The van der Waals surface area contributed by atoms with Crippen molar-refractivity contribution in [1.82, 2.24) is 4.90 Å². The summed E-state index contributed by atoms with van der Waals surface area (Å²) in [7, 11) is 1.44. The predicted octanol–water partition coefficient (Wildman–Crippen LogP) is 3.23. The van der Waals surface area contributed by atoms with E-state index in [0.717, 1.165) is 11.3 Å². The number of hydrogen-bond donors (Lipinski definition) is 1. The highest BCUT2D eigenvalue weighted by atomic mass is 35.5. The van der Waals surface area contributed by atoms with Gasteiger partial charge in [0.1, 0.15) is 17.1 Å². The fourth-order valence-electron chi connectivity index (χ4n) is 6.40. The van der Waals surface area contributed by atoms with Crippen molar-refractivity contribution in [2.45, 2.75) is 31.3 Å². The molecule has 0 aromatic heterocycles. The summed E-state index contributed by atoms with van der Waals surface area (Å²) < 4.78 is 19.8. The Morgan fingerprint density at radius 2 is 1.97 bits per heavy atom. The van der Waals surface area contributed by atoms with Crippen LogP contribution in [0.3, 0.4) is 0 Å². The van der Waals surface area contributed by atoms with Crippen LogP contribution in [0.25, 0.3) is 0 Å². The van der Waals surface area contributed by atoms with E-state index in [-0.39, 0.29) is 17.9 Å². The lowest BCUT2D eigenvalue weighted by Gasteiger charge is -2.36. The summed E-state index contributed by atoms with van der Waals surface area (Å²) in [5, 5.41) is 3.29. The van der Waals surface area contributed by atoms with Gasteiger partial charge in [-0.05, 0) is 56.1 Å². The van der Waals surface area contributed by atoms with Gasteiger partial charge in [0.25, 0.3) is 0 Å². The van der Waals surface area contributed by atoms with Gasteiger partial charge < -0.3 is 10.1 Å². The van der Waals surface area contributed by atoms with Gasteiger partial charge in [-0.25, -0.2) is 9.29 Å². The molecule has 1 N–H and O–H groups in total. The van der Waals surface area contributed by atoms with Gasteiger partial charge in [-0.2, -0.15) is 0 Å². The van der Waals surface area contributed by atoms with Crippen LogP contribution in [0.1, 0.15) is 24.0 Å². The SMILES string of the molecule is COc1cc(Cl)c(C)cc1N1C(=O)[C@H]2[C@@H](C1=O)[C@]1(C(=O)Nc3ccc(F)cc31)N1CCC[C@@H]21. The van der Waals surface area contributed by atoms with E-state index in [4.69, 9.17) is 16.3 Å². The van der Waals surface area contributed by atoms with Crippen LogP contribution in [-0.4, -0.2) is 42.3 Å². The molecule has 0 bridgehead atoms. The molecule has 7 nitrogen and oxygen atoms in total. The van der Waals surface area contributed by atoms with Gasteiger partial charge in [-0.1, -0.05) is 11.6 Å². The van der Waals surface area contributed by atoms with Crippen molar-refractivity contribution >= 4 is 40.7 Å². The highest BCUT2D eigenvalue weighted by Crippen LogP contribution is 2.61. The zero-order valence-electron chi connectivity index (χ0n) is 18.0. The smallest absolute Gasteiger partial charge is 0.250 e. The number of carbonyl (C=O) groups is 3. The summed E-state index contributed by atoms with van der Waals surface area (Å²) in [5.41, 5.74) is 0.481. The molecule has 1 spiro atoms. The van der Waals surface area contributed by atoms with Crippen molar-refractivity contribution in [1.29, 1.82) is 0 Å². The number of aryl methyl sites for hydroxylation is 1. The van der Waals surface area contributed by atoms with E-state index >= 15 is 0 Å². The Bertz CT molecular complexity index is 1270. The number of nitrogens with zero attached hydrogens (tertiary/aromatic N) is 2. The first-order valence-corrected chi connectivity index (χ1v) is 11.3. The zero-order chi connectivity index (χ0) is 23.2. The first-order valence-electron chi connectivity index (χ1n) is 10.9. The number of benzene rings is 2. The molecule has 9 heteroatoms. The minimum atomic E-state index is -1.42. The van der Waals surface area contributed by atoms with Gasteiger partial charge in [0, 0.05) is 28.4 Å². The standard InChI is InChI=1S/C24H21ClFN3O4/c1-11-8-17(18(33-2)10-14(11)25)29-21(30)19-16-4-3-7-28(16)24(20(19)22(29)31)13-9-12(26)5-6-15(13)27-23(24)32/h5-6,8-10,16,19-20H,3-4,7H2,1-2H3,(H,27,32)/t16-,19+,20-,24+/m0/s1. The maximum atomic E-state index is 14.4. The van der Waals surface area contributed by atoms with E-state index in [0.29, 0.717) is 46.2 Å². The molecule has 6 rings (SSSR count). The van der Waals surface area contributed by atoms with Crippen LogP contribution in [0.5, 0.6) is 5.75 Å². The van der Waals surface area contributed by atoms with E-state index in [2.05, 4.69) is 5.32 Å². The maximum absolute atomic E-state index is 14.4. The summed E-state index contributed by atoms with van der Waals surface area (Å²) >= 11 is 6.24. The third-order valence-electron chi connectivity index (χ3n) is 7.66. The lowest BCUT2D eigenvalue weighted by atomic mass is 9.75. The highest BCUT2D eigenvalue weighted by molar-refractivity contribution is 6.32. The summed E-state index contributed by atoms with van der Waals surface area (Å²) in [6.07, 6.45) is 1.48. The second-order valence-corrected chi connectivity index (χ2v) is 9.51. The molecule has 0 aliphatic carbocycles. The molecule has 3 amide bonds. The Hall–Kier alpha value is -2.97. The number of anilines is 2. The van der Waals surface area contributed by atoms with E-state index < -0.39 is 29.1 Å². The molecule has 3 fully saturated rings. The van der Waals surface area contributed by atoms with Gasteiger partial charge >= 0.3 is 0 Å². The molecule has 33 heavy (non-hydrogen) atoms. The van der Waals surface area contributed by atoms with Gasteiger partial charge in [-0.15, -0.1) is 0 Å². The first-order chi connectivity index (χ1) is 15.8. The lowest BCUT2D eigenvalue weighted by molar-refractivity contribution is -0.135. The minimum Gasteiger partial charge on any atom is -0.495 e. The molecule has 4 aliphatic heterocycles. The van der Waals surface area contributed by atoms with Crippen molar-refractivity contribution in [3.63, 3.8) is 0 Å². The van der Waals surface area contributed by atoms with Crippen LogP contribution in [-0.2, 0) is 19.9 Å². The number of hydrogen-bond acceptors (Lipinski definition) is 5. The van der Waals surface area contributed by atoms with Crippen LogP contribution in [0.4, 0.5) is 15.8 Å². The summed E-state index contributed by atoms with van der Waals surface area (Å²) in [5.74, 6) is -3.09. The van der Waals surface area contributed by atoms with E-state index in [1.807, 2.05) is 4.90 Å². The Labute approximate surface area is 194 Å². The van der Waals surface area contributed by atoms with Crippen molar-refractivity contribution < 1.29 is 23.5 Å². The summed E-state index contributed by atoms with van der Waals surface area (Å²) in [6.45, 7) is 2.34. The number of ether oxygens (including phenoxy) is 1. The first kappa shape index (κ1) is 20.6. The second-order valence-electron chi connectivity index (χ2n) is 9.10. The second kappa shape index (κ2) is 6.77. The number of imide groups is 1. The number of halogens is 2. The van der Waals surface area contributed by atoms with Crippen molar-refractivity contribution in [2.24, 2.45) is 11.8 Å². The number of amides is 3. The van der Waals surface area contributed by atoms with Crippen LogP contribution in [0.15, 0.2) is 30.3 Å². The molecule has 0 saturated carbocycles. The van der Waals surface area contributed by atoms with Crippen LogP contribution < -0.4 is 15.0 Å². The highest BCUT2D eigenvalue weighted by Gasteiger charge is 2.74. The molecular formula is C24H21ClFN3O4. The number of fused-ring (bicyclic) bond motifs is 7. The Balaban J connectivity index is 1.56.